The molecule has 0 saturated heterocycles. The van der Waals surface area contributed by atoms with Crippen LogP contribution in [0.1, 0.15) is 33.1 Å². The third-order valence-corrected chi connectivity index (χ3v) is 1.72. The Kier molecular flexibility index (Phi) is 2.63. The predicted molar refractivity (Wildman–Crippen MR) is 42.5 cm³/mol. The summed E-state index contributed by atoms with van der Waals surface area (Å²) in [6.45, 7) is 3.62. The van der Waals surface area contributed by atoms with Crippen molar-refractivity contribution < 1.29 is 9.63 Å². The highest BCUT2D eigenvalue weighted by Crippen LogP contribution is 2.14. The zero-order valence-corrected chi connectivity index (χ0v) is 6.96. The number of carbonyl (C=O) groups is 1. The largest absolute Gasteiger partial charge is 0.384 e. The van der Waals surface area contributed by atoms with E-state index in [4.69, 9.17) is 4.84 Å². The van der Waals surface area contributed by atoms with Gasteiger partial charge < -0.3 is 4.84 Å². The van der Waals surface area contributed by atoms with Gasteiger partial charge in [-0.15, -0.1) is 0 Å². The third kappa shape index (κ3) is 2.03. The SMILES string of the molecule is CCCC1=NOC(C(C)=O)C1. The van der Waals surface area contributed by atoms with E-state index < -0.39 is 0 Å². The highest BCUT2D eigenvalue weighted by atomic mass is 16.6. The van der Waals surface area contributed by atoms with Gasteiger partial charge in [0.25, 0.3) is 0 Å². The Hall–Kier alpha value is -0.860. The smallest absolute Gasteiger partial charge is 0.190 e. The van der Waals surface area contributed by atoms with Crippen molar-refractivity contribution in [3.63, 3.8) is 0 Å². The van der Waals surface area contributed by atoms with Crippen molar-refractivity contribution in [3.05, 3.63) is 0 Å². The van der Waals surface area contributed by atoms with Crippen LogP contribution in [0.15, 0.2) is 5.16 Å². The summed E-state index contributed by atoms with van der Waals surface area (Å²) < 4.78 is 0. The van der Waals surface area contributed by atoms with Crippen LogP contribution in [0, 0.1) is 0 Å². The molecule has 0 aromatic heterocycles. The molecule has 1 aliphatic rings. The number of ketones is 1. The number of oxime groups is 1. The summed E-state index contributed by atoms with van der Waals surface area (Å²) in [5, 5.41) is 3.82. The van der Waals surface area contributed by atoms with Gasteiger partial charge in [0.15, 0.2) is 11.9 Å². The number of carbonyl (C=O) groups excluding carboxylic acids is 1. The van der Waals surface area contributed by atoms with E-state index in [0.717, 1.165) is 18.6 Å². The van der Waals surface area contributed by atoms with Crippen LogP contribution in [0.25, 0.3) is 0 Å². The van der Waals surface area contributed by atoms with Gasteiger partial charge in [-0.3, -0.25) is 4.79 Å². The molecule has 0 amide bonds. The summed E-state index contributed by atoms with van der Waals surface area (Å²) in [5.41, 5.74) is 1.02. The highest BCUT2D eigenvalue weighted by Gasteiger charge is 2.23. The summed E-state index contributed by atoms with van der Waals surface area (Å²) in [6, 6.07) is 0. The van der Waals surface area contributed by atoms with Crippen molar-refractivity contribution in [2.75, 3.05) is 0 Å². The third-order valence-electron chi connectivity index (χ3n) is 1.72. The lowest BCUT2D eigenvalue weighted by Gasteiger charge is -2.00. The average molecular weight is 155 g/mol. The molecule has 11 heavy (non-hydrogen) atoms. The molecule has 3 nitrogen and oxygen atoms in total. The monoisotopic (exact) mass is 155 g/mol. The van der Waals surface area contributed by atoms with Crippen molar-refractivity contribution >= 4 is 11.5 Å². The van der Waals surface area contributed by atoms with Crippen molar-refractivity contribution in [1.82, 2.24) is 0 Å². The van der Waals surface area contributed by atoms with Crippen LogP contribution in [-0.2, 0) is 9.63 Å². The Balaban J connectivity index is 2.36. The molecule has 0 fully saturated rings. The topological polar surface area (TPSA) is 38.7 Å². The lowest BCUT2D eigenvalue weighted by molar-refractivity contribution is -0.126. The van der Waals surface area contributed by atoms with Crippen LogP contribution >= 0.6 is 0 Å². The fourth-order valence-electron chi connectivity index (χ4n) is 1.08. The molecule has 1 aliphatic heterocycles. The Bertz CT molecular complexity index is 187. The normalized spacial score (nSPS) is 22.7. The highest BCUT2D eigenvalue weighted by molar-refractivity contribution is 5.92. The molecule has 3 heteroatoms. The fraction of sp³-hybridized carbons (Fsp3) is 0.750. The molecule has 62 valence electrons. The van der Waals surface area contributed by atoms with Crippen LogP contribution in [0.4, 0.5) is 0 Å². The van der Waals surface area contributed by atoms with Crippen LogP contribution in [-0.4, -0.2) is 17.6 Å². The van der Waals surface area contributed by atoms with Gasteiger partial charge in [0.05, 0.1) is 5.71 Å². The first-order valence-electron chi connectivity index (χ1n) is 3.96. The van der Waals surface area contributed by atoms with Crippen molar-refractivity contribution in [1.29, 1.82) is 0 Å². The molecule has 0 N–H and O–H groups in total. The predicted octanol–water partition coefficient (Wildman–Crippen LogP) is 1.52. The maximum atomic E-state index is 10.8. The molecule has 0 aliphatic carbocycles. The summed E-state index contributed by atoms with van der Waals surface area (Å²) in [5.74, 6) is 0.0693. The van der Waals surface area contributed by atoms with Crippen molar-refractivity contribution in [3.8, 4) is 0 Å². The molecule has 1 rings (SSSR count). The van der Waals surface area contributed by atoms with E-state index in [1.54, 1.807) is 0 Å². The summed E-state index contributed by atoms with van der Waals surface area (Å²) in [6.07, 6.45) is 2.41. The van der Waals surface area contributed by atoms with Gasteiger partial charge in [-0.1, -0.05) is 18.5 Å². The van der Waals surface area contributed by atoms with Crippen LogP contribution < -0.4 is 0 Å². The van der Waals surface area contributed by atoms with Gasteiger partial charge in [-0.25, -0.2) is 0 Å². The minimum atomic E-state index is -0.295. The molecular weight excluding hydrogens is 142 g/mol. The minimum absolute atomic E-state index is 0.0693. The van der Waals surface area contributed by atoms with Gasteiger partial charge in [-0.2, -0.15) is 0 Å². The molecule has 0 radical (unpaired) electrons. The van der Waals surface area contributed by atoms with E-state index in [-0.39, 0.29) is 11.9 Å². The Labute approximate surface area is 66.4 Å². The van der Waals surface area contributed by atoms with E-state index in [9.17, 15) is 4.79 Å². The first-order chi connectivity index (χ1) is 5.24. The number of hydrogen-bond donors (Lipinski definition) is 0. The quantitative estimate of drug-likeness (QED) is 0.619. The Morgan fingerprint density at radius 2 is 2.55 bits per heavy atom. The molecule has 0 aromatic carbocycles. The average Bonchev–Trinajstić information content (AvgIpc) is 2.37. The van der Waals surface area contributed by atoms with Crippen LogP contribution in [0.2, 0.25) is 0 Å². The number of nitrogens with zero attached hydrogens (tertiary/aromatic N) is 1. The maximum absolute atomic E-state index is 10.8. The van der Waals surface area contributed by atoms with E-state index in [2.05, 4.69) is 12.1 Å². The Morgan fingerprint density at radius 3 is 3.00 bits per heavy atom. The zero-order chi connectivity index (χ0) is 8.27. The first kappa shape index (κ1) is 8.24. The molecule has 0 spiro atoms. The molecule has 1 unspecified atom stereocenters. The molecule has 1 atom stereocenters. The van der Waals surface area contributed by atoms with Crippen LogP contribution in [0.5, 0.6) is 0 Å². The lowest BCUT2D eigenvalue weighted by atomic mass is 10.1. The van der Waals surface area contributed by atoms with Crippen molar-refractivity contribution in [2.24, 2.45) is 5.16 Å². The van der Waals surface area contributed by atoms with E-state index in [1.807, 2.05) is 0 Å². The number of rotatable bonds is 3. The molecule has 1 heterocycles. The van der Waals surface area contributed by atoms with E-state index in [1.165, 1.54) is 6.92 Å². The van der Waals surface area contributed by atoms with Crippen molar-refractivity contribution in [2.45, 2.75) is 39.2 Å². The van der Waals surface area contributed by atoms with Gasteiger partial charge in [0.1, 0.15) is 0 Å². The summed E-state index contributed by atoms with van der Waals surface area (Å²) in [7, 11) is 0. The molecule has 0 saturated carbocycles. The van der Waals surface area contributed by atoms with Gasteiger partial charge in [0.2, 0.25) is 0 Å². The summed E-state index contributed by atoms with van der Waals surface area (Å²) in [4.78, 5) is 15.7. The second-order valence-corrected chi connectivity index (χ2v) is 2.82. The molecule has 0 bridgehead atoms. The second-order valence-electron chi connectivity index (χ2n) is 2.82. The minimum Gasteiger partial charge on any atom is -0.384 e. The van der Waals surface area contributed by atoms with Gasteiger partial charge in [-0.05, 0) is 13.3 Å². The van der Waals surface area contributed by atoms with Gasteiger partial charge in [0, 0.05) is 6.42 Å². The number of hydrogen-bond acceptors (Lipinski definition) is 3. The molecular formula is C8H13NO2. The number of Topliss-reactive ketones (excluding diaryl/α,β-unsaturated/α-hetero) is 1. The maximum Gasteiger partial charge on any atom is 0.190 e. The molecule has 0 aromatic rings. The lowest BCUT2D eigenvalue weighted by Crippen LogP contribution is -2.17. The zero-order valence-electron chi connectivity index (χ0n) is 6.96. The van der Waals surface area contributed by atoms with Gasteiger partial charge >= 0.3 is 0 Å². The second kappa shape index (κ2) is 3.51. The van der Waals surface area contributed by atoms with Crippen LogP contribution in [0.3, 0.4) is 0 Å². The fourth-order valence-corrected chi connectivity index (χ4v) is 1.08. The summed E-state index contributed by atoms with van der Waals surface area (Å²) >= 11 is 0. The van der Waals surface area contributed by atoms with E-state index in [0.29, 0.717) is 6.42 Å². The first-order valence-corrected chi connectivity index (χ1v) is 3.96. The standard InChI is InChI=1S/C8H13NO2/c1-3-4-7-5-8(6(2)10)11-9-7/h8H,3-5H2,1-2H3. The van der Waals surface area contributed by atoms with E-state index >= 15 is 0 Å². The Morgan fingerprint density at radius 1 is 1.82 bits per heavy atom.